The third-order valence-electron chi connectivity index (χ3n) is 3.04. The standard InChI is InChI=1S/C15H16N2O3S/c1-2-12(10-6-4-3-5-7-10)14(20)17-15-16-11(9-21-15)8-13(18)19/h3-7,9,12H,2,8H2,1H3,(H,18,19)(H,16,17,20)/t12-/m1/s1. The van der Waals surface area contributed by atoms with Gasteiger partial charge in [0.25, 0.3) is 0 Å². The Bertz CT molecular complexity index is 625. The van der Waals surface area contributed by atoms with Crippen LogP contribution >= 0.6 is 11.3 Å². The Labute approximate surface area is 126 Å². The number of hydrogen-bond donors (Lipinski definition) is 2. The van der Waals surface area contributed by atoms with Gasteiger partial charge in [0, 0.05) is 5.38 Å². The molecule has 0 saturated carbocycles. The Hall–Kier alpha value is -2.21. The van der Waals surface area contributed by atoms with Gasteiger partial charge in [-0.05, 0) is 12.0 Å². The number of carboxylic acid groups (broad SMARTS) is 1. The lowest BCUT2D eigenvalue weighted by molar-refractivity contribution is -0.136. The van der Waals surface area contributed by atoms with Crippen LogP contribution in [0, 0.1) is 0 Å². The van der Waals surface area contributed by atoms with Crippen molar-refractivity contribution in [2.45, 2.75) is 25.7 Å². The van der Waals surface area contributed by atoms with E-state index in [0.29, 0.717) is 17.2 Å². The van der Waals surface area contributed by atoms with Gasteiger partial charge in [-0.15, -0.1) is 11.3 Å². The number of aliphatic carboxylic acids is 1. The van der Waals surface area contributed by atoms with E-state index in [0.717, 1.165) is 5.56 Å². The Morgan fingerprint density at radius 3 is 2.67 bits per heavy atom. The molecule has 2 N–H and O–H groups in total. The van der Waals surface area contributed by atoms with Crippen LogP contribution in [-0.4, -0.2) is 22.0 Å². The summed E-state index contributed by atoms with van der Waals surface area (Å²) >= 11 is 1.24. The summed E-state index contributed by atoms with van der Waals surface area (Å²) in [6, 6.07) is 9.56. The smallest absolute Gasteiger partial charge is 0.309 e. The second kappa shape index (κ2) is 6.99. The molecule has 6 heteroatoms. The van der Waals surface area contributed by atoms with E-state index in [2.05, 4.69) is 10.3 Å². The van der Waals surface area contributed by atoms with Crippen molar-refractivity contribution in [1.82, 2.24) is 4.98 Å². The lowest BCUT2D eigenvalue weighted by atomic mass is 9.96. The number of aromatic nitrogens is 1. The molecule has 5 nitrogen and oxygen atoms in total. The fourth-order valence-corrected chi connectivity index (χ4v) is 2.76. The molecule has 0 spiro atoms. The van der Waals surface area contributed by atoms with E-state index in [1.807, 2.05) is 37.3 Å². The number of rotatable bonds is 6. The van der Waals surface area contributed by atoms with Gasteiger partial charge in [-0.25, -0.2) is 4.98 Å². The van der Waals surface area contributed by atoms with Crippen molar-refractivity contribution in [3.05, 3.63) is 47.0 Å². The van der Waals surface area contributed by atoms with E-state index in [-0.39, 0.29) is 18.2 Å². The fourth-order valence-electron chi connectivity index (χ4n) is 2.05. The number of hydrogen-bond acceptors (Lipinski definition) is 4. The average molecular weight is 304 g/mol. The van der Waals surface area contributed by atoms with Gasteiger partial charge in [-0.2, -0.15) is 0 Å². The molecule has 1 aromatic carbocycles. The molecule has 0 aliphatic rings. The lowest BCUT2D eigenvalue weighted by Gasteiger charge is -2.14. The number of thiazole rings is 1. The first-order valence-corrected chi connectivity index (χ1v) is 7.50. The van der Waals surface area contributed by atoms with Crippen LogP contribution < -0.4 is 5.32 Å². The summed E-state index contributed by atoms with van der Waals surface area (Å²) in [6.07, 6.45) is 0.547. The molecule has 2 aromatic rings. The molecular weight excluding hydrogens is 288 g/mol. The molecule has 21 heavy (non-hydrogen) atoms. The van der Waals surface area contributed by atoms with Crippen molar-refractivity contribution < 1.29 is 14.7 Å². The first kappa shape index (κ1) is 15.2. The van der Waals surface area contributed by atoms with Gasteiger partial charge < -0.3 is 10.4 Å². The quantitative estimate of drug-likeness (QED) is 0.860. The van der Waals surface area contributed by atoms with E-state index in [1.165, 1.54) is 11.3 Å². The molecule has 0 unspecified atom stereocenters. The minimum Gasteiger partial charge on any atom is -0.481 e. The van der Waals surface area contributed by atoms with E-state index in [9.17, 15) is 9.59 Å². The van der Waals surface area contributed by atoms with Crippen LogP contribution in [0.4, 0.5) is 5.13 Å². The minimum atomic E-state index is -0.936. The van der Waals surface area contributed by atoms with Gasteiger partial charge in [-0.3, -0.25) is 9.59 Å². The van der Waals surface area contributed by atoms with Crippen molar-refractivity contribution in [3.8, 4) is 0 Å². The van der Waals surface area contributed by atoms with Crippen LogP contribution in [0.15, 0.2) is 35.7 Å². The number of carboxylic acids is 1. The van der Waals surface area contributed by atoms with Crippen LogP contribution in [0.2, 0.25) is 0 Å². The highest BCUT2D eigenvalue weighted by Gasteiger charge is 2.19. The van der Waals surface area contributed by atoms with Crippen LogP contribution in [0.5, 0.6) is 0 Å². The lowest BCUT2D eigenvalue weighted by Crippen LogP contribution is -2.20. The predicted molar refractivity (Wildman–Crippen MR) is 81.6 cm³/mol. The van der Waals surface area contributed by atoms with Gasteiger partial charge >= 0.3 is 5.97 Å². The molecule has 0 bridgehead atoms. The second-order valence-electron chi connectivity index (χ2n) is 4.58. The summed E-state index contributed by atoms with van der Waals surface area (Å²) < 4.78 is 0. The van der Waals surface area contributed by atoms with E-state index in [4.69, 9.17) is 5.11 Å². The van der Waals surface area contributed by atoms with Crippen molar-refractivity contribution in [2.24, 2.45) is 0 Å². The third-order valence-corrected chi connectivity index (χ3v) is 3.85. The summed E-state index contributed by atoms with van der Waals surface area (Å²) in [4.78, 5) is 27.0. The number of anilines is 1. The highest BCUT2D eigenvalue weighted by atomic mass is 32.1. The number of amides is 1. The summed E-state index contributed by atoms with van der Waals surface area (Å²) in [5, 5.41) is 13.6. The molecule has 110 valence electrons. The van der Waals surface area contributed by atoms with Gasteiger partial charge in [-0.1, -0.05) is 37.3 Å². The maximum Gasteiger partial charge on any atom is 0.309 e. The van der Waals surface area contributed by atoms with Crippen LogP contribution in [-0.2, 0) is 16.0 Å². The first-order valence-electron chi connectivity index (χ1n) is 6.62. The zero-order chi connectivity index (χ0) is 15.2. The summed E-state index contributed by atoms with van der Waals surface area (Å²) in [5.74, 6) is -1.30. The summed E-state index contributed by atoms with van der Waals surface area (Å²) in [7, 11) is 0. The van der Waals surface area contributed by atoms with Crippen LogP contribution in [0.3, 0.4) is 0 Å². The van der Waals surface area contributed by atoms with E-state index >= 15 is 0 Å². The average Bonchev–Trinajstić information content (AvgIpc) is 2.87. The van der Waals surface area contributed by atoms with Crippen molar-refractivity contribution in [3.63, 3.8) is 0 Å². The summed E-state index contributed by atoms with van der Waals surface area (Å²) in [6.45, 7) is 1.95. The zero-order valence-corrected chi connectivity index (χ0v) is 12.4. The van der Waals surface area contributed by atoms with E-state index < -0.39 is 5.97 Å². The molecule has 0 aliphatic carbocycles. The van der Waals surface area contributed by atoms with Gasteiger partial charge in [0.05, 0.1) is 18.0 Å². The Kier molecular flexibility index (Phi) is 5.05. The number of nitrogens with one attached hydrogen (secondary N) is 1. The molecule has 1 amide bonds. The number of benzene rings is 1. The molecule has 2 rings (SSSR count). The molecule has 1 aromatic heterocycles. The largest absolute Gasteiger partial charge is 0.481 e. The summed E-state index contributed by atoms with van der Waals surface area (Å²) in [5.41, 5.74) is 1.41. The molecule has 0 aliphatic heterocycles. The molecule has 0 radical (unpaired) electrons. The van der Waals surface area contributed by atoms with Gasteiger partial charge in [0.1, 0.15) is 0 Å². The van der Waals surface area contributed by atoms with E-state index in [1.54, 1.807) is 5.38 Å². The number of carbonyl (C=O) groups is 2. The normalized spacial score (nSPS) is 11.9. The van der Waals surface area contributed by atoms with Gasteiger partial charge in [0.2, 0.25) is 5.91 Å². The van der Waals surface area contributed by atoms with Crippen molar-refractivity contribution in [2.75, 3.05) is 5.32 Å². The molecule has 1 atom stereocenters. The number of carbonyl (C=O) groups excluding carboxylic acids is 1. The third kappa shape index (κ3) is 4.13. The highest BCUT2D eigenvalue weighted by Crippen LogP contribution is 2.23. The zero-order valence-electron chi connectivity index (χ0n) is 11.6. The minimum absolute atomic E-state index is 0.125. The van der Waals surface area contributed by atoms with Crippen LogP contribution in [0.25, 0.3) is 0 Å². The van der Waals surface area contributed by atoms with Crippen molar-refractivity contribution >= 4 is 28.3 Å². The Balaban J connectivity index is 2.06. The highest BCUT2D eigenvalue weighted by molar-refractivity contribution is 7.13. The molecular formula is C15H16N2O3S. The topological polar surface area (TPSA) is 79.3 Å². The fraction of sp³-hybridized carbons (Fsp3) is 0.267. The SMILES string of the molecule is CC[C@@H](C(=O)Nc1nc(CC(=O)O)cs1)c1ccccc1. The van der Waals surface area contributed by atoms with Gasteiger partial charge in [0.15, 0.2) is 5.13 Å². The van der Waals surface area contributed by atoms with Crippen LogP contribution in [0.1, 0.15) is 30.5 Å². The predicted octanol–water partition coefficient (Wildman–Crippen LogP) is 2.90. The molecule has 1 heterocycles. The maximum absolute atomic E-state index is 12.3. The monoisotopic (exact) mass is 304 g/mol. The number of nitrogens with zero attached hydrogens (tertiary/aromatic N) is 1. The Morgan fingerprint density at radius 2 is 2.05 bits per heavy atom. The van der Waals surface area contributed by atoms with Crippen molar-refractivity contribution in [1.29, 1.82) is 0 Å². The molecule has 0 saturated heterocycles. The first-order chi connectivity index (χ1) is 10.1. The Morgan fingerprint density at radius 1 is 1.33 bits per heavy atom. The second-order valence-corrected chi connectivity index (χ2v) is 5.43. The molecule has 0 fully saturated rings. The maximum atomic E-state index is 12.3.